The number of rotatable bonds is 6. The van der Waals surface area contributed by atoms with Crippen LogP contribution in [0.2, 0.25) is 0 Å². The van der Waals surface area contributed by atoms with Gasteiger partial charge in [0, 0.05) is 18.0 Å². The van der Waals surface area contributed by atoms with E-state index in [1.165, 1.54) is 6.26 Å². The van der Waals surface area contributed by atoms with Gasteiger partial charge in [0.1, 0.15) is 28.9 Å². The second-order valence-corrected chi connectivity index (χ2v) is 5.97. The summed E-state index contributed by atoms with van der Waals surface area (Å²) in [6.07, 6.45) is 1.07. The van der Waals surface area contributed by atoms with Crippen LogP contribution in [0.4, 0.5) is 0 Å². The number of aryl methyl sites for hydroxylation is 1. The number of hydrogen-bond donors (Lipinski definition) is 2. The molecule has 0 saturated heterocycles. The first kappa shape index (κ1) is 17.0. The number of nitrogens with zero attached hydrogens (tertiary/aromatic N) is 1. The van der Waals surface area contributed by atoms with Crippen molar-refractivity contribution in [1.82, 2.24) is 10.5 Å². The highest BCUT2D eigenvalue weighted by Crippen LogP contribution is 2.25. The summed E-state index contributed by atoms with van der Waals surface area (Å²) in [6, 6.07) is 12.6. The fraction of sp³-hybridized carbons (Fsp3) is 0.263. The van der Waals surface area contributed by atoms with E-state index in [9.17, 15) is 9.90 Å². The van der Waals surface area contributed by atoms with Crippen molar-refractivity contribution in [3.63, 3.8) is 0 Å². The Bertz CT molecular complexity index is 824. The van der Waals surface area contributed by atoms with E-state index >= 15 is 0 Å². The van der Waals surface area contributed by atoms with E-state index in [1.54, 1.807) is 19.1 Å². The molecule has 0 saturated carbocycles. The summed E-state index contributed by atoms with van der Waals surface area (Å²) in [4.78, 5) is 12.7. The maximum atomic E-state index is 12.7. The smallest absolute Gasteiger partial charge is 0.257 e. The first-order valence-electron chi connectivity index (χ1n) is 8.10. The van der Waals surface area contributed by atoms with Gasteiger partial charge in [-0.25, -0.2) is 0 Å². The number of benzene rings is 1. The summed E-state index contributed by atoms with van der Waals surface area (Å²) >= 11 is 0. The Kier molecular flexibility index (Phi) is 5.00. The molecule has 2 aromatic heterocycles. The highest BCUT2D eigenvalue weighted by molar-refractivity contribution is 6.00. The predicted molar refractivity (Wildman–Crippen MR) is 91.9 cm³/mol. The minimum Gasteiger partial charge on any atom is -0.467 e. The number of nitrogens with one attached hydrogen (secondary N) is 1. The van der Waals surface area contributed by atoms with Gasteiger partial charge in [-0.3, -0.25) is 4.79 Å². The highest BCUT2D eigenvalue weighted by Gasteiger charge is 2.24. The summed E-state index contributed by atoms with van der Waals surface area (Å²) in [5.74, 6) is 0.652. The van der Waals surface area contributed by atoms with Crippen LogP contribution in [-0.2, 0) is 0 Å². The van der Waals surface area contributed by atoms with E-state index in [2.05, 4.69) is 10.5 Å². The zero-order valence-electron chi connectivity index (χ0n) is 14.1. The van der Waals surface area contributed by atoms with Crippen molar-refractivity contribution >= 4 is 5.91 Å². The Balaban J connectivity index is 1.72. The lowest BCUT2D eigenvalue weighted by Crippen LogP contribution is -2.34. The van der Waals surface area contributed by atoms with Crippen molar-refractivity contribution in [2.45, 2.75) is 32.4 Å². The van der Waals surface area contributed by atoms with Gasteiger partial charge in [0.15, 0.2) is 0 Å². The second-order valence-electron chi connectivity index (χ2n) is 5.97. The molecule has 0 fully saturated rings. The molecule has 0 bridgehead atoms. The van der Waals surface area contributed by atoms with Crippen LogP contribution in [0.5, 0.6) is 0 Å². The van der Waals surface area contributed by atoms with Crippen molar-refractivity contribution in [1.29, 1.82) is 0 Å². The Morgan fingerprint density at radius 2 is 2.00 bits per heavy atom. The molecule has 1 aromatic carbocycles. The number of aliphatic hydroxyl groups is 1. The normalized spacial score (nSPS) is 13.4. The zero-order valence-corrected chi connectivity index (χ0v) is 14.1. The molecule has 3 aromatic rings. The van der Waals surface area contributed by atoms with E-state index < -0.39 is 6.10 Å². The van der Waals surface area contributed by atoms with Gasteiger partial charge in [-0.15, -0.1) is 0 Å². The first-order chi connectivity index (χ1) is 12.1. The Labute approximate surface area is 145 Å². The Morgan fingerprint density at radius 3 is 2.68 bits per heavy atom. The van der Waals surface area contributed by atoms with Crippen molar-refractivity contribution in [2.75, 3.05) is 0 Å². The summed E-state index contributed by atoms with van der Waals surface area (Å²) < 4.78 is 10.4. The van der Waals surface area contributed by atoms with Gasteiger partial charge < -0.3 is 19.4 Å². The van der Waals surface area contributed by atoms with Crippen LogP contribution in [-0.4, -0.2) is 22.2 Å². The third kappa shape index (κ3) is 3.80. The van der Waals surface area contributed by atoms with Crippen molar-refractivity contribution < 1.29 is 18.8 Å². The van der Waals surface area contributed by atoms with E-state index in [-0.39, 0.29) is 11.9 Å². The minimum atomic E-state index is -0.775. The number of amides is 1. The van der Waals surface area contributed by atoms with Crippen LogP contribution in [0.25, 0.3) is 11.3 Å². The number of furan rings is 1. The molecule has 0 aliphatic rings. The second kappa shape index (κ2) is 7.36. The lowest BCUT2D eigenvalue weighted by Gasteiger charge is -2.16. The average Bonchev–Trinajstić information content (AvgIpc) is 3.25. The Hall–Kier alpha value is -2.86. The van der Waals surface area contributed by atoms with E-state index in [4.69, 9.17) is 8.94 Å². The molecule has 3 rings (SSSR count). The highest BCUT2D eigenvalue weighted by atomic mass is 16.5. The molecule has 2 atom stereocenters. The molecule has 2 heterocycles. The molecule has 0 aliphatic heterocycles. The van der Waals surface area contributed by atoms with E-state index in [1.807, 2.05) is 37.3 Å². The maximum Gasteiger partial charge on any atom is 0.257 e. The van der Waals surface area contributed by atoms with Crippen LogP contribution in [0.3, 0.4) is 0 Å². The zero-order chi connectivity index (χ0) is 17.8. The maximum absolute atomic E-state index is 12.7. The molecule has 130 valence electrons. The number of aliphatic hydroxyl groups excluding tert-OH is 1. The quantitative estimate of drug-likeness (QED) is 0.717. The molecular weight excluding hydrogens is 320 g/mol. The topological polar surface area (TPSA) is 88.5 Å². The number of hydrogen-bond acceptors (Lipinski definition) is 5. The van der Waals surface area contributed by atoms with Crippen LogP contribution < -0.4 is 5.32 Å². The van der Waals surface area contributed by atoms with Crippen molar-refractivity contribution in [3.05, 3.63) is 65.8 Å². The molecule has 2 unspecified atom stereocenters. The molecule has 0 spiro atoms. The fourth-order valence-corrected chi connectivity index (χ4v) is 2.72. The van der Waals surface area contributed by atoms with Crippen molar-refractivity contribution in [2.24, 2.45) is 0 Å². The van der Waals surface area contributed by atoms with E-state index in [0.717, 1.165) is 5.56 Å². The van der Waals surface area contributed by atoms with Gasteiger partial charge >= 0.3 is 0 Å². The number of carbonyl (C=O) groups excluding carboxylic acids is 1. The van der Waals surface area contributed by atoms with Gasteiger partial charge in [-0.2, -0.15) is 0 Å². The lowest BCUT2D eigenvalue weighted by atomic mass is 10.0. The summed E-state index contributed by atoms with van der Waals surface area (Å²) in [5.41, 5.74) is 1.73. The summed E-state index contributed by atoms with van der Waals surface area (Å²) in [6.45, 7) is 3.53. The lowest BCUT2D eigenvalue weighted by molar-refractivity contribution is 0.0902. The molecule has 2 N–H and O–H groups in total. The predicted octanol–water partition coefficient (Wildman–Crippen LogP) is 3.49. The van der Waals surface area contributed by atoms with E-state index in [0.29, 0.717) is 29.2 Å². The van der Waals surface area contributed by atoms with Crippen LogP contribution in [0.1, 0.15) is 41.3 Å². The monoisotopic (exact) mass is 340 g/mol. The van der Waals surface area contributed by atoms with Gasteiger partial charge in [0.05, 0.1) is 6.26 Å². The summed E-state index contributed by atoms with van der Waals surface area (Å²) in [7, 11) is 0. The molecule has 0 radical (unpaired) electrons. The van der Waals surface area contributed by atoms with Gasteiger partial charge in [-0.1, -0.05) is 35.5 Å². The molecular formula is C19H20N2O4. The SMILES string of the molecule is Cc1onc(-c2ccccc2)c1C(=O)NC(C)CC(O)c1ccco1. The van der Waals surface area contributed by atoms with Crippen LogP contribution in [0.15, 0.2) is 57.7 Å². The average molecular weight is 340 g/mol. The molecule has 6 nitrogen and oxygen atoms in total. The van der Waals surface area contributed by atoms with Gasteiger partial charge in [-0.05, 0) is 26.0 Å². The fourth-order valence-electron chi connectivity index (χ4n) is 2.72. The standard InChI is InChI=1S/C19H20N2O4/c1-12(11-15(22)16-9-6-10-24-16)20-19(23)17-13(2)25-21-18(17)14-7-4-3-5-8-14/h3-10,12,15,22H,11H2,1-2H3,(H,20,23). The number of aromatic nitrogens is 1. The van der Waals surface area contributed by atoms with Crippen LogP contribution in [0, 0.1) is 6.92 Å². The summed E-state index contributed by atoms with van der Waals surface area (Å²) in [5, 5.41) is 17.0. The van der Waals surface area contributed by atoms with Crippen molar-refractivity contribution in [3.8, 4) is 11.3 Å². The van der Waals surface area contributed by atoms with Crippen LogP contribution >= 0.6 is 0 Å². The number of carbonyl (C=O) groups is 1. The Morgan fingerprint density at radius 1 is 1.24 bits per heavy atom. The molecule has 6 heteroatoms. The largest absolute Gasteiger partial charge is 0.467 e. The van der Waals surface area contributed by atoms with Gasteiger partial charge in [0.2, 0.25) is 0 Å². The first-order valence-corrected chi connectivity index (χ1v) is 8.10. The third-order valence-electron chi connectivity index (χ3n) is 3.96. The third-order valence-corrected chi connectivity index (χ3v) is 3.96. The molecule has 1 amide bonds. The minimum absolute atomic E-state index is 0.259. The molecule has 0 aliphatic carbocycles. The molecule has 25 heavy (non-hydrogen) atoms. The van der Waals surface area contributed by atoms with Gasteiger partial charge in [0.25, 0.3) is 5.91 Å².